The molecule has 4 nitrogen and oxygen atoms in total. The van der Waals surface area contributed by atoms with Gasteiger partial charge in [0.1, 0.15) is 0 Å². The summed E-state index contributed by atoms with van der Waals surface area (Å²) in [4.78, 5) is 26.0. The minimum Gasteiger partial charge on any atom is -0.356 e. The van der Waals surface area contributed by atoms with Crippen LogP contribution in [0.2, 0.25) is 0 Å². The number of nitrogens with zero attached hydrogens (tertiary/aromatic N) is 1. The van der Waals surface area contributed by atoms with Crippen LogP contribution in [0.3, 0.4) is 0 Å². The molecule has 19 heavy (non-hydrogen) atoms. The van der Waals surface area contributed by atoms with Crippen LogP contribution < -0.4 is 5.32 Å². The van der Waals surface area contributed by atoms with E-state index in [1.54, 1.807) is 0 Å². The van der Waals surface area contributed by atoms with Crippen LogP contribution in [-0.4, -0.2) is 36.3 Å². The van der Waals surface area contributed by atoms with Crippen LogP contribution in [0.4, 0.5) is 0 Å². The first kappa shape index (κ1) is 16.0. The highest BCUT2D eigenvalue weighted by Crippen LogP contribution is 2.21. The fourth-order valence-corrected chi connectivity index (χ4v) is 2.65. The summed E-state index contributed by atoms with van der Waals surface area (Å²) in [5, 5.41) is 2.95. The van der Waals surface area contributed by atoms with Gasteiger partial charge in [-0.15, -0.1) is 0 Å². The SMILES string of the molecule is CCCNC(=O)C1CCN(C(=O)C(CC)CC)CC1. The van der Waals surface area contributed by atoms with E-state index in [-0.39, 0.29) is 23.7 Å². The van der Waals surface area contributed by atoms with Gasteiger partial charge in [-0.25, -0.2) is 0 Å². The highest BCUT2D eigenvalue weighted by atomic mass is 16.2. The number of nitrogens with one attached hydrogen (secondary N) is 1. The highest BCUT2D eigenvalue weighted by molar-refractivity contribution is 5.81. The predicted molar refractivity (Wildman–Crippen MR) is 76.7 cm³/mol. The minimum absolute atomic E-state index is 0.0947. The van der Waals surface area contributed by atoms with Gasteiger partial charge in [-0.05, 0) is 32.1 Å². The van der Waals surface area contributed by atoms with Gasteiger partial charge in [0.15, 0.2) is 0 Å². The highest BCUT2D eigenvalue weighted by Gasteiger charge is 2.29. The Bertz CT molecular complexity index is 293. The van der Waals surface area contributed by atoms with E-state index in [1.165, 1.54) is 0 Å². The van der Waals surface area contributed by atoms with Gasteiger partial charge in [0.05, 0.1) is 0 Å². The van der Waals surface area contributed by atoms with Crippen LogP contribution in [0, 0.1) is 11.8 Å². The third-order valence-corrected chi connectivity index (χ3v) is 4.06. The van der Waals surface area contributed by atoms with Gasteiger partial charge >= 0.3 is 0 Å². The Morgan fingerprint density at radius 1 is 1.16 bits per heavy atom. The van der Waals surface area contributed by atoms with Crippen LogP contribution in [0.25, 0.3) is 0 Å². The number of carbonyl (C=O) groups excluding carboxylic acids is 2. The normalized spacial score (nSPS) is 16.7. The summed E-state index contributed by atoms with van der Waals surface area (Å²) in [6.45, 7) is 8.41. The molecule has 2 amide bonds. The van der Waals surface area contributed by atoms with Crippen LogP contribution in [-0.2, 0) is 9.59 Å². The summed E-state index contributed by atoms with van der Waals surface area (Å²) in [5.41, 5.74) is 0. The number of hydrogen-bond donors (Lipinski definition) is 1. The molecule has 0 aliphatic carbocycles. The lowest BCUT2D eigenvalue weighted by molar-refractivity contribution is -0.139. The average Bonchev–Trinajstić information content (AvgIpc) is 2.46. The van der Waals surface area contributed by atoms with E-state index < -0.39 is 0 Å². The molecule has 1 rings (SSSR count). The van der Waals surface area contributed by atoms with Crippen molar-refractivity contribution in [2.24, 2.45) is 11.8 Å². The average molecular weight is 268 g/mol. The van der Waals surface area contributed by atoms with Gasteiger partial charge < -0.3 is 10.2 Å². The Kier molecular flexibility index (Phi) is 6.89. The second-order valence-corrected chi connectivity index (χ2v) is 5.40. The van der Waals surface area contributed by atoms with E-state index in [0.29, 0.717) is 0 Å². The number of rotatable bonds is 6. The maximum absolute atomic E-state index is 12.2. The summed E-state index contributed by atoms with van der Waals surface area (Å²) in [5.74, 6) is 0.691. The Balaban J connectivity index is 2.40. The van der Waals surface area contributed by atoms with Gasteiger partial charge in [0.2, 0.25) is 11.8 Å². The first-order chi connectivity index (χ1) is 9.13. The van der Waals surface area contributed by atoms with E-state index in [0.717, 1.165) is 51.7 Å². The van der Waals surface area contributed by atoms with Crippen molar-refractivity contribution in [1.29, 1.82) is 0 Å². The molecule has 0 aromatic carbocycles. The van der Waals surface area contributed by atoms with Crippen molar-refractivity contribution >= 4 is 11.8 Å². The van der Waals surface area contributed by atoms with Crippen molar-refractivity contribution in [3.63, 3.8) is 0 Å². The third kappa shape index (κ3) is 4.51. The largest absolute Gasteiger partial charge is 0.356 e. The fraction of sp³-hybridized carbons (Fsp3) is 0.867. The van der Waals surface area contributed by atoms with Crippen LogP contribution >= 0.6 is 0 Å². The molecule has 1 aliphatic rings. The van der Waals surface area contributed by atoms with E-state index >= 15 is 0 Å². The Hall–Kier alpha value is -1.06. The second-order valence-electron chi connectivity index (χ2n) is 5.40. The van der Waals surface area contributed by atoms with Gasteiger partial charge in [-0.3, -0.25) is 9.59 Å². The van der Waals surface area contributed by atoms with E-state index in [1.807, 2.05) is 4.90 Å². The molecule has 1 fully saturated rings. The summed E-state index contributed by atoms with van der Waals surface area (Å²) in [7, 11) is 0. The molecule has 4 heteroatoms. The second kappa shape index (κ2) is 8.18. The molecule has 0 aromatic heterocycles. The molecule has 0 radical (unpaired) electrons. The summed E-state index contributed by atoms with van der Waals surface area (Å²) in [6.07, 6.45) is 4.40. The molecule has 1 N–H and O–H groups in total. The Morgan fingerprint density at radius 2 is 1.74 bits per heavy atom. The van der Waals surface area contributed by atoms with Gasteiger partial charge in [0, 0.05) is 31.5 Å². The molecule has 0 atom stereocenters. The van der Waals surface area contributed by atoms with Crippen molar-refractivity contribution in [1.82, 2.24) is 10.2 Å². The topological polar surface area (TPSA) is 49.4 Å². The van der Waals surface area contributed by atoms with E-state index in [9.17, 15) is 9.59 Å². The smallest absolute Gasteiger partial charge is 0.225 e. The molecule has 0 bridgehead atoms. The fourth-order valence-electron chi connectivity index (χ4n) is 2.65. The van der Waals surface area contributed by atoms with Crippen molar-refractivity contribution in [2.45, 2.75) is 52.9 Å². The monoisotopic (exact) mass is 268 g/mol. The van der Waals surface area contributed by atoms with Crippen molar-refractivity contribution in [3.8, 4) is 0 Å². The predicted octanol–water partition coefficient (Wildman–Crippen LogP) is 2.19. The molecule has 1 aliphatic heterocycles. The van der Waals surface area contributed by atoms with E-state index in [4.69, 9.17) is 0 Å². The minimum atomic E-state index is 0.0947. The van der Waals surface area contributed by atoms with Crippen LogP contribution in [0.1, 0.15) is 52.9 Å². The molecular formula is C15H28N2O2. The lowest BCUT2D eigenvalue weighted by Gasteiger charge is -2.33. The summed E-state index contributed by atoms with van der Waals surface area (Å²) < 4.78 is 0. The van der Waals surface area contributed by atoms with Crippen LogP contribution in [0.15, 0.2) is 0 Å². The van der Waals surface area contributed by atoms with Crippen LogP contribution in [0.5, 0.6) is 0 Å². The molecule has 0 spiro atoms. The zero-order valence-corrected chi connectivity index (χ0v) is 12.6. The van der Waals surface area contributed by atoms with Gasteiger partial charge in [-0.2, -0.15) is 0 Å². The molecule has 0 aromatic rings. The van der Waals surface area contributed by atoms with Crippen molar-refractivity contribution in [2.75, 3.05) is 19.6 Å². The lowest BCUT2D eigenvalue weighted by atomic mass is 9.93. The van der Waals surface area contributed by atoms with E-state index in [2.05, 4.69) is 26.1 Å². The zero-order chi connectivity index (χ0) is 14.3. The number of carbonyl (C=O) groups is 2. The van der Waals surface area contributed by atoms with Crippen molar-refractivity contribution < 1.29 is 9.59 Å². The Labute approximate surface area is 116 Å². The third-order valence-electron chi connectivity index (χ3n) is 4.06. The zero-order valence-electron chi connectivity index (χ0n) is 12.6. The molecular weight excluding hydrogens is 240 g/mol. The number of hydrogen-bond acceptors (Lipinski definition) is 2. The maximum atomic E-state index is 12.2. The lowest BCUT2D eigenvalue weighted by Crippen LogP contribution is -2.45. The quantitative estimate of drug-likeness (QED) is 0.802. The van der Waals surface area contributed by atoms with Gasteiger partial charge in [-0.1, -0.05) is 20.8 Å². The molecule has 0 unspecified atom stereocenters. The summed E-state index contributed by atoms with van der Waals surface area (Å²) >= 11 is 0. The molecule has 1 heterocycles. The maximum Gasteiger partial charge on any atom is 0.225 e. The first-order valence-corrected chi connectivity index (χ1v) is 7.70. The van der Waals surface area contributed by atoms with Crippen molar-refractivity contribution in [3.05, 3.63) is 0 Å². The number of amides is 2. The number of likely N-dealkylation sites (tertiary alicyclic amines) is 1. The first-order valence-electron chi connectivity index (χ1n) is 7.70. The molecule has 0 saturated carbocycles. The summed E-state index contributed by atoms with van der Waals surface area (Å²) in [6, 6.07) is 0. The molecule has 110 valence electrons. The standard InChI is InChI=1S/C15H28N2O2/c1-4-9-16-14(18)13-7-10-17(11-8-13)15(19)12(5-2)6-3/h12-13H,4-11H2,1-3H3,(H,16,18). The number of piperidine rings is 1. The van der Waals surface area contributed by atoms with Gasteiger partial charge in [0.25, 0.3) is 0 Å². The Morgan fingerprint density at radius 3 is 2.21 bits per heavy atom. The molecule has 1 saturated heterocycles.